The Morgan fingerprint density at radius 1 is 1.00 bits per heavy atom. The zero-order valence-corrected chi connectivity index (χ0v) is 16.9. The first-order valence-electron chi connectivity index (χ1n) is 8.97. The van der Waals surface area contributed by atoms with E-state index in [1.54, 1.807) is 0 Å². The number of hydrogen-bond acceptors (Lipinski definition) is 2. The summed E-state index contributed by atoms with van der Waals surface area (Å²) in [6, 6.07) is 21.0. The molecule has 1 atom stereocenters. The quantitative estimate of drug-likeness (QED) is 0.303. The van der Waals surface area contributed by atoms with Gasteiger partial charge >= 0.3 is 0 Å². The fourth-order valence-corrected chi connectivity index (χ4v) is 8.06. The van der Waals surface area contributed by atoms with Gasteiger partial charge in [-0.2, -0.15) is 0 Å². The van der Waals surface area contributed by atoms with Crippen LogP contribution in [0, 0.1) is 0 Å². The van der Waals surface area contributed by atoms with Gasteiger partial charge in [0.15, 0.2) is 0 Å². The summed E-state index contributed by atoms with van der Waals surface area (Å²) >= 11 is 0. The minimum Gasteiger partial charge on any atom is -0.401 e. The Bertz CT molecular complexity index is 690. The van der Waals surface area contributed by atoms with E-state index in [0.717, 1.165) is 6.29 Å². The Morgan fingerprint density at radius 3 is 1.88 bits per heavy atom. The van der Waals surface area contributed by atoms with E-state index in [1.807, 2.05) is 24.3 Å². The smallest absolute Gasteiger partial charge is 0.261 e. The van der Waals surface area contributed by atoms with E-state index < -0.39 is 8.32 Å². The zero-order chi connectivity index (χ0) is 19.0. The average Bonchev–Trinajstić information content (AvgIpc) is 2.64. The summed E-state index contributed by atoms with van der Waals surface area (Å²) in [5.41, 5.74) is 0. The lowest BCUT2D eigenvalue weighted by Gasteiger charge is -2.44. The summed E-state index contributed by atoms with van der Waals surface area (Å²) in [5, 5.41) is 2.36. The molecule has 0 spiro atoms. The molecule has 2 rings (SSSR count). The number of carbonyl (C=O) groups excluding carboxylic acids is 1. The van der Waals surface area contributed by atoms with Gasteiger partial charge in [-0.15, -0.1) is 6.58 Å². The third-order valence-corrected chi connectivity index (χ3v) is 9.61. The molecule has 0 bridgehead atoms. The first-order valence-corrected chi connectivity index (χ1v) is 10.9. The van der Waals surface area contributed by atoms with Crippen molar-refractivity contribution in [2.75, 3.05) is 0 Å². The first-order chi connectivity index (χ1) is 12.5. The van der Waals surface area contributed by atoms with E-state index in [9.17, 15) is 4.79 Å². The van der Waals surface area contributed by atoms with Crippen LogP contribution in [0.1, 0.15) is 27.2 Å². The van der Waals surface area contributed by atoms with Gasteiger partial charge in [0.2, 0.25) is 0 Å². The topological polar surface area (TPSA) is 26.3 Å². The molecule has 0 fully saturated rings. The van der Waals surface area contributed by atoms with Crippen molar-refractivity contribution < 1.29 is 9.22 Å². The number of aldehydes is 1. The van der Waals surface area contributed by atoms with Crippen molar-refractivity contribution in [3.8, 4) is 0 Å². The lowest BCUT2D eigenvalue weighted by atomic mass is 10.2. The second kappa shape index (κ2) is 8.92. The highest BCUT2D eigenvalue weighted by atomic mass is 28.4. The minimum atomic E-state index is -2.61. The second-order valence-corrected chi connectivity index (χ2v) is 11.6. The standard InChI is InChI=1S/C23H28O2Si/c1-5-13-20(14-12-19-24)25-26(23(2,3)4,21-15-8-6-9-16-21)22-17-10-7-11-18-22/h5-12,14-20H,1,13H2,2-4H3/b14-12+/t20-/m1/s1. The highest BCUT2D eigenvalue weighted by Gasteiger charge is 2.51. The molecule has 0 aliphatic heterocycles. The maximum Gasteiger partial charge on any atom is 0.261 e. The van der Waals surface area contributed by atoms with E-state index in [2.05, 4.69) is 75.9 Å². The van der Waals surface area contributed by atoms with Gasteiger partial charge in [0.25, 0.3) is 8.32 Å². The molecule has 0 radical (unpaired) electrons. The van der Waals surface area contributed by atoms with Crippen LogP contribution in [-0.4, -0.2) is 20.7 Å². The van der Waals surface area contributed by atoms with Crippen LogP contribution < -0.4 is 10.4 Å². The number of rotatable bonds is 8. The van der Waals surface area contributed by atoms with Crippen LogP contribution in [0.4, 0.5) is 0 Å². The fraction of sp³-hybridized carbons (Fsp3) is 0.261. The fourth-order valence-electron chi connectivity index (χ4n) is 3.42. The van der Waals surface area contributed by atoms with Gasteiger partial charge in [-0.05, 0) is 27.9 Å². The molecule has 0 aliphatic carbocycles. The summed E-state index contributed by atoms with van der Waals surface area (Å²) in [4.78, 5) is 10.9. The number of allylic oxidation sites excluding steroid dienone is 1. The van der Waals surface area contributed by atoms with Crippen LogP contribution in [0.5, 0.6) is 0 Å². The van der Waals surface area contributed by atoms with Crippen molar-refractivity contribution in [1.82, 2.24) is 0 Å². The van der Waals surface area contributed by atoms with E-state index in [-0.39, 0.29) is 11.1 Å². The highest BCUT2D eigenvalue weighted by molar-refractivity contribution is 6.99. The van der Waals surface area contributed by atoms with Crippen LogP contribution in [0.2, 0.25) is 5.04 Å². The van der Waals surface area contributed by atoms with Crippen LogP contribution in [0.3, 0.4) is 0 Å². The molecule has 0 aliphatic rings. The molecule has 0 amide bonds. The van der Waals surface area contributed by atoms with Crippen LogP contribution >= 0.6 is 0 Å². The van der Waals surface area contributed by atoms with Crippen LogP contribution in [0.25, 0.3) is 0 Å². The predicted molar refractivity (Wildman–Crippen MR) is 113 cm³/mol. The van der Waals surface area contributed by atoms with Crippen molar-refractivity contribution in [3.05, 3.63) is 85.5 Å². The summed E-state index contributed by atoms with van der Waals surface area (Å²) in [7, 11) is -2.61. The summed E-state index contributed by atoms with van der Waals surface area (Å²) in [6.45, 7) is 10.6. The van der Waals surface area contributed by atoms with Crippen molar-refractivity contribution >= 4 is 25.0 Å². The molecule has 26 heavy (non-hydrogen) atoms. The molecule has 0 N–H and O–H groups in total. The molecule has 2 aromatic carbocycles. The highest BCUT2D eigenvalue weighted by Crippen LogP contribution is 2.37. The summed E-state index contributed by atoms with van der Waals surface area (Å²) in [6.07, 6.45) is 6.47. The van der Waals surface area contributed by atoms with Crippen LogP contribution in [0.15, 0.2) is 85.5 Å². The SMILES string of the molecule is C=CC[C@H](/C=C/C=O)O[Si](c1ccccc1)(c1ccccc1)C(C)(C)C. The lowest BCUT2D eigenvalue weighted by Crippen LogP contribution is -2.67. The molecule has 0 aromatic heterocycles. The van der Waals surface area contributed by atoms with E-state index in [0.29, 0.717) is 6.42 Å². The van der Waals surface area contributed by atoms with Gasteiger partial charge in [0, 0.05) is 0 Å². The largest absolute Gasteiger partial charge is 0.401 e. The van der Waals surface area contributed by atoms with E-state index in [1.165, 1.54) is 16.4 Å². The van der Waals surface area contributed by atoms with Gasteiger partial charge in [-0.25, -0.2) is 0 Å². The third-order valence-electron chi connectivity index (χ3n) is 4.55. The molecule has 136 valence electrons. The summed E-state index contributed by atoms with van der Waals surface area (Å²) < 4.78 is 6.94. The van der Waals surface area contributed by atoms with Crippen LogP contribution in [-0.2, 0) is 9.22 Å². The molecule has 0 unspecified atom stereocenters. The van der Waals surface area contributed by atoms with Gasteiger partial charge in [0.05, 0.1) is 6.10 Å². The maximum atomic E-state index is 10.9. The van der Waals surface area contributed by atoms with Crippen molar-refractivity contribution in [1.29, 1.82) is 0 Å². The molecular weight excluding hydrogens is 336 g/mol. The molecule has 3 heteroatoms. The summed E-state index contributed by atoms with van der Waals surface area (Å²) in [5.74, 6) is 0. The van der Waals surface area contributed by atoms with Crippen molar-refractivity contribution in [2.45, 2.75) is 38.3 Å². The Balaban J connectivity index is 2.68. The van der Waals surface area contributed by atoms with E-state index in [4.69, 9.17) is 4.43 Å². The normalized spacial score (nSPS) is 13.5. The molecule has 0 saturated carbocycles. The Morgan fingerprint density at radius 2 is 1.50 bits per heavy atom. The Labute approximate surface area is 158 Å². The minimum absolute atomic E-state index is 0.0931. The molecular formula is C23H28O2Si. The lowest BCUT2D eigenvalue weighted by molar-refractivity contribution is -0.104. The monoisotopic (exact) mass is 364 g/mol. The average molecular weight is 365 g/mol. The van der Waals surface area contributed by atoms with Gasteiger partial charge in [-0.3, -0.25) is 4.79 Å². The molecule has 0 saturated heterocycles. The molecule has 0 heterocycles. The second-order valence-electron chi connectivity index (χ2n) is 7.36. The van der Waals surface area contributed by atoms with Crippen molar-refractivity contribution in [3.63, 3.8) is 0 Å². The van der Waals surface area contributed by atoms with Gasteiger partial charge < -0.3 is 4.43 Å². The van der Waals surface area contributed by atoms with E-state index >= 15 is 0 Å². The Kier molecular flexibility index (Phi) is 6.89. The zero-order valence-electron chi connectivity index (χ0n) is 15.9. The Hall–Kier alpha value is -2.23. The molecule has 2 aromatic rings. The third kappa shape index (κ3) is 4.29. The molecule has 2 nitrogen and oxygen atoms in total. The maximum absolute atomic E-state index is 10.9. The predicted octanol–water partition coefficient (Wildman–Crippen LogP) is 4.26. The number of carbonyl (C=O) groups is 1. The number of benzene rings is 2. The van der Waals surface area contributed by atoms with Gasteiger partial charge in [-0.1, -0.05) is 93.6 Å². The van der Waals surface area contributed by atoms with Crippen molar-refractivity contribution in [2.24, 2.45) is 0 Å². The van der Waals surface area contributed by atoms with Gasteiger partial charge in [0.1, 0.15) is 6.29 Å². The first kappa shape index (κ1) is 20.1. The number of hydrogen-bond donors (Lipinski definition) is 0.